The number of hydrogen-bond acceptors (Lipinski definition) is 9. The second kappa shape index (κ2) is 12.3. The minimum absolute atomic E-state index is 0. The smallest absolute Gasteiger partial charge is 0.347 e. The molecule has 15 heteroatoms. The zero-order valence-corrected chi connectivity index (χ0v) is 19.9. The van der Waals surface area contributed by atoms with Crippen molar-refractivity contribution in [2.24, 2.45) is 0 Å². The summed E-state index contributed by atoms with van der Waals surface area (Å²) in [4.78, 5) is 44.5. The van der Waals surface area contributed by atoms with Crippen LogP contribution in [-0.4, -0.2) is 45.5 Å². The predicted molar refractivity (Wildman–Crippen MR) is 123 cm³/mol. The lowest BCUT2D eigenvalue weighted by Crippen LogP contribution is -3.00. The summed E-state index contributed by atoms with van der Waals surface area (Å²) in [6.07, 6.45) is 3.09. The first kappa shape index (κ1) is 28.5. The summed E-state index contributed by atoms with van der Waals surface area (Å²) in [6.45, 7) is -0.504. The van der Waals surface area contributed by atoms with E-state index in [0.717, 1.165) is 12.1 Å². The highest BCUT2D eigenvalue weighted by Gasteiger charge is 2.28. The number of aliphatic hydroxyl groups is 1. The van der Waals surface area contributed by atoms with E-state index in [9.17, 15) is 40.2 Å². The minimum atomic E-state index is -0.856. The topological polar surface area (TPSA) is 192 Å². The third-order valence-corrected chi connectivity index (χ3v) is 5.19. The highest BCUT2D eigenvalue weighted by atomic mass is 35.5. The Labute approximate surface area is 215 Å². The number of hydrogen-bond donors (Lipinski definition) is 2. The Bertz CT molecular complexity index is 1350. The Morgan fingerprint density at radius 1 is 1.05 bits per heavy atom. The van der Waals surface area contributed by atoms with E-state index in [2.05, 4.69) is 5.32 Å². The van der Waals surface area contributed by atoms with E-state index < -0.39 is 50.4 Å². The van der Waals surface area contributed by atoms with E-state index in [-0.39, 0.29) is 35.8 Å². The molecule has 0 bridgehead atoms. The van der Waals surface area contributed by atoms with Gasteiger partial charge in [0.05, 0.1) is 34.5 Å². The van der Waals surface area contributed by atoms with Crippen molar-refractivity contribution in [2.75, 3.05) is 13.7 Å². The number of nitrogens with zero attached hydrogens (tertiary/aromatic N) is 4. The van der Waals surface area contributed by atoms with Crippen LogP contribution in [0.4, 0.5) is 17.1 Å². The number of ether oxygens (including phenoxy) is 1. The summed E-state index contributed by atoms with van der Waals surface area (Å²) in [6, 6.07) is 9.63. The standard InChI is InChI=1S/C22H19N5O9.ClH/c1-36-20-6-2-5-17(21(20)27(34)35)22(29)23-15(13-28)10-14-4-3-9-24(12-14)18-8-7-16(25(30)31)11-19(18)26(32)33;/h2-9,11-12,15,28H,10,13H2,1H3;1H/t15-;/m0./s1. The molecule has 1 heterocycles. The van der Waals surface area contributed by atoms with Crippen molar-refractivity contribution in [3.05, 3.63) is 102 Å². The molecule has 1 aromatic heterocycles. The van der Waals surface area contributed by atoms with Gasteiger partial charge in [0.1, 0.15) is 11.6 Å². The first-order valence-corrected chi connectivity index (χ1v) is 10.3. The van der Waals surface area contributed by atoms with Crippen LogP contribution < -0.4 is 27.0 Å². The van der Waals surface area contributed by atoms with Crippen molar-refractivity contribution < 1.29 is 46.4 Å². The van der Waals surface area contributed by atoms with Crippen molar-refractivity contribution in [2.45, 2.75) is 12.5 Å². The van der Waals surface area contributed by atoms with Crippen LogP contribution in [0.2, 0.25) is 0 Å². The molecule has 3 rings (SSSR count). The molecule has 2 aromatic carbocycles. The molecular weight excluding hydrogens is 514 g/mol. The number of benzene rings is 2. The quantitative estimate of drug-likeness (QED) is 0.187. The van der Waals surface area contributed by atoms with E-state index in [1.807, 2.05) is 0 Å². The summed E-state index contributed by atoms with van der Waals surface area (Å²) >= 11 is 0. The van der Waals surface area contributed by atoms with Crippen LogP contribution in [0.25, 0.3) is 5.69 Å². The van der Waals surface area contributed by atoms with E-state index in [4.69, 9.17) is 4.74 Å². The van der Waals surface area contributed by atoms with E-state index in [1.54, 1.807) is 12.1 Å². The van der Waals surface area contributed by atoms with Crippen LogP contribution in [0.15, 0.2) is 60.9 Å². The van der Waals surface area contributed by atoms with Gasteiger partial charge < -0.3 is 27.6 Å². The molecule has 0 fully saturated rings. The lowest BCUT2D eigenvalue weighted by atomic mass is 10.1. The lowest BCUT2D eigenvalue weighted by Gasteiger charge is -2.16. The van der Waals surface area contributed by atoms with Gasteiger partial charge in [-0.3, -0.25) is 35.1 Å². The normalized spacial score (nSPS) is 11.1. The van der Waals surface area contributed by atoms with Gasteiger partial charge in [-0.05, 0) is 18.2 Å². The zero-order valence-electron chi connectivity index (χ0n) is 19.1. The van der Waals surface area contributed by atoms with Gasteiger partial charge >= 0.3 is 11.4 Å². The monoisotopic (exact) mass is 533 g/mol. The number of carbonyl (C=O) groups excluding carboxylic acids is 1. The predicted octanol–water partition coefficient (Wildman–Crippen LogP) is -0.966. The minimum Gasteiger partial charge on any atom is -1.00 e. The fourth-order valence-corrected chi connectivity index (χ4v) is 3.55. The van der Waals surface area contributed by atoms with Gasteiger partial charge in [-0.2, -0.15) is 4.57 Å². The maximum absolute atomic E-state index is 12.8. The summed E-state index contributed by atoms with van der Waals surface area (Å²) < 4.78 is 6.36. The lowest BCUT2D eigenvalue weighted by molar-refractivity contribution is -0.601. The number of nitro benzene ring substituents is 3. The van der Waals surface area contributed by atoms with Crippen molar-refractivity contribution in [3.8, 4) is 11.4 Å². The third kappa shape index (κ3) is 6.50. The highest BCUT2D eigenvalue weighted by Crippen LogP contribution is 2.30. The average molecular weight is 534 g/mol. The first-order valence-electron chi connectivity index (χ1n) is 10.3. The number of methoxy groups -OCH3 is 1. The van der Waals surface area contributed by atoms with Gasteiger partial charge in [0.25, 0.3) is 17.3 Å². The van der Waals surface area contributed by atoms with Crippen molar-refractivity contribution in [1.29, 1.82) is 0 Å². The number of para-hydroxylation sites is 1. The van der Waals surface area contributed by atoms with Crippen molar-refractivity contribution in [3.63, 3.8) is 0 Å². The van der Waals surface area contributed by atoms with Crippen molar-refractivity contribution >= 4 is 23.0 Å². The largest absolute Gasteiger partial charge is 1.00 e. The molecule has 0 aliphatic rings. The molecule has 14 nitrogen and oxygen atoms in total. The number of halogens is 1. The summed E-state index contributed by atoms with van der Waals surface area (Å²) in [5.41, 5.74) is -1.06. The van der Waals surface area contributed by atoms with Crippen LogP contribution in [-0.2, 0) is 6.42 Å². The van der Waals surface area contributed by atoms with Gasteiger partial charge in [-0.1, -0.05) is 6.07 Å². The molecule has 194 valence electrons. The molecule has 1 amide bonds. The number of rotatable bonds is 10. The molecule has 1 atom stereocenters. The molecule has 0 unspecified atom stereocenters. The van der Waals surface area contributed by atoms with Crippen LogP contribution in [0.1, 0.15) is 15.9 Å². The second-order valence-electron chi connectivity index (χ2n) is 7.48. The van der Waals surface area contributed by atoms with Gasteiger partial charge in [0, 0.05) is 30.2 Å². The molecule has 0 aliphatic carbocycles. The molecule has 0 aliphatic heterocycles. The first-order chi connectivity index (χ1) is 17.2. The Morgan fingerprint density at radius 2 is 1.78 bits per heavy atom. The number of non-ortho nitro benzene ring substituents is 1. The van der Waals surface area contributed by atoms with E-state index in [0.29, 0.717) is 5.56 Å². The van der Waals surface area contributed by atoms with Gasteiger partial charge in [-0.15, -0.1) is 0 Å². The number of aromatic nitrogens is 1. The number of nitrogens with one attached hydrogen (secondary N) is 1. The van der Waals surface area contributed by atoms with Crippen molar-refractivity contribution in [1.82, 2.24) is 5.32 Å². The molecule has 0 spiro atoms. The Hall–Kier alpha value is -4.69. The second-order valence-corrected chi connectivity index (χ2v) is 7.48. The number of pyridine rings is 1. The maximum atomic E-state index is 12.8. The van der Waals surface area contributed by atoms with E-state index in [1.165, 1.54) is 48.3 Å². The van der Waals surface area contributed by atoms with E-state index >= 15 is 0 Å². The molecule has 2 N–H and O–H groups in total. The summed E-state index contributed by atoms with van der Waals surface area (Å²) in [5.74, 6) is -0.892. The fourth-order valence-electron chi connectivity index (χ4n) is 3.55. The molecule has 0 saturated carbocycles. The SMILES string of the molecule is COc1cccc(C(=O)N[C@H](CO)Cc2ccc[n+](-c3ccc([N+](=O)[O-])cc3[N+](=O)[O-])c2)c1[N+](=O)[O-].[Cl-]. The van der Waals surface area contributed by atoms with Gasteiger partial charge in [-0.25, -0.2) is 0 Å². The third-order valence-electron chi connectivity index (χ3n) is 5.19. The maximum Gasteiger partial charge on any atom is 0.347 e. The number of amides is 1. The number of nitro groups is 3. The number of aliphatic hydroxyl groups excluding tert-OH is 1. The Kier molecular flexibility index (Phi) is 9.51. The number of carbonyl (C=O) groups is 1. The molecular formula is C22H20ClN5O9. The highest BCUT2D eigenvalue weighted by molar-refractivity contribution is 5.99. The average Bonchev–Trinajstić information content (AvgIpc) is 2.87. The zero-order chi connectivity index (χ0) is 26.4. The molecule has 3 aromatic rings. The Morgan fingerprint density at radius 3 is 2.38 bits per heavy atom. The van der Waals surface area contributed by atoms with Crippen LogP contribution in [0.5, 0.6) is 5.75 Å². The van der Waals surface area contributed by atoms with Crippen LogP contribution >= 0.6 is 0 Å². The fraction of sp³-hybridized carbons (Fsp3) is 0.182. The Balaban J connectivity index is 0.00000481. The molecule has 37 heavy (non-hydrogen) atoms. The van der Waals surface area contributed by atoms with Gasteiger partial charge in [0.15, 0.2) is 18.1 Å². The summed E-state index contributed by atoms with van der Waals surface area (Å²) in [7, 11) is 1.24. The molecule has 0 saturated heterocycles. The summed E-state index contributed by atoms with van der Waals surface area (Å²) in [5, 5.41) is 46.3. The molecule has 0 radical (unpaired) electrons. The van der Waals surface area contributed by atoms with Gasteiger partial charge in [0.2, 0.25) is 0 Å². The van der Waals surface area contributed by atoms with Crippen LogP contribution in [0.3, 0.4) is 0 Å². The van der Waals surface area contributed by atoms with Crippen LogP contribution in [0, 0.1) is 30.3 Å².